The second-order valence-electron chi connectivity index (χ2n) is 8.17. The maximum atomic E-state index is 13.0. The van der Waals surface area contributed by atoms with Crippen LogP contribution in [0.15, 0.2) is 59.6 Å². The van der Waals surface area contributed by atoms with E-state index in [-0.39, 0.29) is 5.91 Å². The Labute approximate surface area is 195 Å². The van der Waals surface area contributed by atoms with Crippen molar-refractivity contribution in [1.29, 1.82) is 0 Å². The number of hydrogen-bond acceptors (Lipinski definition) is 3. The van der Waals surface area contributed by atoms with Gasteiger partial charge in [0.15, 0.2) is 0 Å². The van der Waals surface area contributed by atoms with Gasteiger partial charge in [-0.15, -0.1) is 6.58 Å². The zero-order valence-electron chi connectivity index (χ0n) is 18.5. The highest BCUT2D eigenvalue weighted by molar-refractivity contribution is 9.10. The lowest BCUT2D eigenvalue weighted by molar-refractivity contribution is 0.0985. The lowest BCUT2D eigenvalue weighted by Gasteiger charge is -2.30. The summed E-state index contributed by atoms with van der Waals surface area (Å²) in [6, 6.07) is 13.7. The number of benzene rings is 2. The van der Waals surface area contributed by atoms with Crippen molar-refractivity contribution in [1.82, 2.24) is 4.90 Å². The Hall–Kier alpha value is -2.11. The SMILES string of the molecule is C=CCN(C)CCCCCCOc1ccc2c(c1)CCCN2C(=O)c1ccc(Br)cc1. The van der Waals surface area contributed by atoms with Gasteiger partial charge in [-0.25, -0.2) is 0 Å². The first-order chi connectivity index (χ1) is 15.1. The Kier molecular flexibility index (Phi) is 9.16. The zero-order chi connectivity index (χ0) is 22.1. The Balaban J connectivity index is 1.48. The first kappa shape index (κ1) is 23.6. The molecule has 166 valence electrons. The van der Waals surface area contributed by atoms with Gasteiger partial charge in [0, 0.05) is 28.8 Å². The fourth-order valence-corrected chi connectivity index (χ4v) is 4.23. The number of amides is 1. The molecule has 5 heteroatoms. The summed E-state index contributed by atoms with van der Waals surface area (Å²) in [5.41, 5.74) is 2.92. The predicted octanol–water partition coefficient (Wildman–Crippen LogP) is 6.10. The molecule has 0 aromatic heterocycles. The van der Waals surface area contributed by atoms with Gasteiger partial charge in [0.25, 0.3) is 5.91 Å². The number of carbonyl (C=O) groups is 1. The highest BCUT2D eigenvalue weighted by Gasteiger charge is 2.24. The van der Waals surface area contributed by atoms with Crippen LogP contribution >= 0.6 is 15.9 Å². The molecule has 0 fully saturated rings. The van der Waals surface area contributed by atoms with Crippen LogP contribution in [-0.4, -0.2) is 44.1 Å². The van der Waals surface area contributed by atoms with E-state index >= 15 is 0 Å². The van der Waals surface area contributed by atoms with E-state index in [4.69, 9.17) is 4.74 Å². The summed E-state index contributed by atoms with van der Waals surface area (Å²) in [6.45, 7) is 7.34. The molecule has 0 atom stereocenters. The summed E-state index contributed by atoms with van der Waals surface area (Å²) >= 11 is 3.43. The van der Waals surface area contributed by atoms with E-state index in [0.717, 1.165) is 61.4 Å². The first-order valence-corrected chi connectivity index (χ1v) is 12.0. The van der Waals surface area contributed by atoms with Gasteiger partial charge in [0.1, 0.15) is 5.75 Å². The maximum Gasteiger partial charge on any atom is 0.258 e. The number of anilines is 1. The number of carbonyl (C=O) groups excluding carboxylic acids is 1. The second-order valence-corrected chi connectivity index (χ2v) is 9.09. The molecule has 0 saturated carbocycles. The van der Waals surface area contributed by atoms with Crippen LogP contribution in [0.2, 0.25) is 0 Å². The van der Waals surface area contributed by atoms with Crippen molar-refractivity contribution in [3.63, 3.8) is 0 Å². The van der Waals surface area contributed by atoms with Crippen LogP contribution in [0, 0.1) is 0 Å². The molecule has 1 aliphatic heterocycles. The largest absolute Gasteiger partial charge is 0.494 e. The van der Waals surface area contributed by atoms with E-state index in [9.17, 15) is 4.79 Å². The molecule has 3 rings (SSSR count). The van der Waals surface area contributed by atoms with Gasteiger partial charge < -0.3 is 14.5 Å². The molecule has 0 aliphatic carbocycles. The van der Waals surface area contributed by atoms with Gasteiger partial charge in [-0.2, -0.15) is 0 Å². The number of aryl methyl sites for hydroxylation is 1. The van der Waals surface area contributed by atoms with Gasteiger partial charge in [0.2, 0.25) is 0 Å². The Bertz CT molecular complexity index is 866. The third-order valence-corrected chi connectivity index (χ3v) is 6.18. The topological polar surface area (TPSA) is 32.8 Å². The molecule has 1 aliphatic rings. The van der Waals surface area contributed by atoms with Gasteiger partial charge in [-0.05, 0) is 87.3 Å². The minimum atomic E-state index is 0.0563. The summed E-state index contributed by atoms with van der Waals surface area (Å²) < 4.78 is 6.98. The number of likely N-dealkylation sites (N-methyl/N-ethyl adjacent to an activating group) is 1. The highest BCUT2D eigenvalue weighted by Crippen LogP contribution is 2.32. The van der Waals surface area contributed by atoms with Crippen LogP contribution in [0.25, 0.3) is 0 Å². The molecular formula is C26H33BrN2O2. The van der Waals surface area contributed by atoms with E-state index in [0.29, 0.717) is 5.56 Å². The molecule has 0 saturated heterocycles. The van der Waals surface area contributed by atoms with Crippen LogP contribution in [0.1, 0.15) is 48.0 Å². The number of rotatable bonds is 11. The number of nitrogens with zero attached hydrogens (tertiary/aromatic N) is 2. The number of fused-ring (bicyclic) bond motifs is 1. The molecule has 2 aromatic carbocycles. The van der Waals surface area contributed by atoms with E-state index in [2.05, 4.69) is 40.5 Å². The Morgan fingerprint density at radius 3 is 2.71 bits per heavy atom. The van der Waals surface area contributed by atoms with Crippen molar-refractivity contribution in [2.75, 3.05) is 38.2 Å². The van der Waals surface area contributed by atoms with Crippen LogP contribution < -0.4 is 9.64 Å². The fourth-order valence-electron chi connectivity index (χ4n) is 3.96. The van der Waals surface area contributed by atoms with Gasteiger partial charge >= 0.3 is 0 Å². The Morgan fingerprint density at radius 1 is 1.16 bits per heavy atom. The van der Waals surface area contributed by atoms with E-state index in [1.54, 1.807) is 0 Å². The van der Waals surface area contributed by atoms with Crippen molar-refractivity contribution in [2.45, 2.75) is 38.5 Å². The molecule has 0 unspecified atom stereocenters. The molecule has 0 N–H and O–H groups in total. The Morgan fingerprint density at radius 2 is 1.94 bits per heavy atom. The normalized spacial score (nSPS) is 13.2. The van der Waals surface area contributed by atoms with Gasteiger partial charge in [-0.3, -0.25) is 4.79 Å². The van der Waals surface area contributed by atoms with Gasteiger partial charge in [-0.1, -0.05) is 34.8 Å². The minimum Gasteiger partial charge on any atom is -0.494 e. The molecular weight excluding hydrogens is 452 g/mol. The molecule has 2 aromatic rings. The van der Waals surface area contributed by atoms with Crippen molar-refractivity contribution >= 4 is 27.5 Å². The summed E-state index contributed by atoms with van der Waals surface area (Å²) in [4.78, 5) is 17.2. The molecule has 0 spiro atoms. The summed E-state index contributed by atoms with van der Waals surface area (Å²) in [5.74, 6) is 0.961. The number of hydrogen-bond donors (Lipinski definition) is 0. The number of unbranched alkanes of at least 4 members (excludes halogenated alkanes) is 3. The van der Waals surface area contributed by atoms with Crippen LogP contribution in [0.3, 0.4) is 0 Å². The molecule has 4 nitrogen and oxygen atoms in total. The standard InChI is InChI=1S/C26H33BrN2O2/c1-3-16-28(2)17-6-4-5-7-19-31-24-14-15-25-22(20-24)9-8-18-29(25)26(30)21-10-12-23(27)13-11-21/h3,10-15,20H,1,4-9,16-19H2,2H3. The van der Waals surface area contributed by atoms with Crippen molar-refractivity contribution < 1.29 is 9.53 Å². The van der Waals surface area contributed by atoms with E-state index in [1.807, 2.05) is 47.4 Å². The minimum absolute atomic E-state index is 0.0563. The molecule has 1 amide bonds. The lowest BCUT2D eigenvalue weighted by Crippen LogP contribution is -2.35. The molecule has 0 bridgehead atoms. The first-order valence-electron chi connectivity index (χ1n) is 11.2. The fraction of sp³-hybridized carbons (Fsp3) is 0.423. The van der Waals surface area contributed by atoms with E-state index in [1.165, 1.54) is 24.8 Å². The predicted molar refractivity (Wildman–Crippen MR) is 132 cm³/mol. The van der Waals surface area contributed by atoms with Crippen LogP contribution in [-0.2, 0) is 6.42 Å². The summed E-state index contributed by atoms with van der Waals surface area (Å²) in [6.07, 6.45) is 8.59. The average molecular weight is 485 g/mol. The van der Waals surface area contributed by atoms with Crippen molar-refractivity contribution in [3.05, 3.63) is 70.7 Å². The smallest absolute Gasteiger partial charge is 0.258 e. The number of ether oxygens (including phenoxy) is 1. The lowest BCUT2D eigenvalue weighted by atomic mass is 10.0. The third-order valence-electron chi connectivity index (χ3n) is 5.65. The van der Waals surface area contributed by atoms with Crippen LogP contribution in [0.5, 0.6) is 5.75 Å². The monoisotopic (exact) mass is 484 g/mol. The summed E-state index contributed by atoms with van der Waals surface area (Å²) in [7, 11) is 2.13. The quantitative estimate of drug-likeness (QED) is 0.285. The van der Waals surface area contributed by atoms with Crippen molar-refractivity contribution in [2.24, 2.45) is 0 Å². The molecule has 1 heterocycles. The van der Waals surface area contributed by atoms with Gasteiger partial charge in [0.05, 0.1) is 6.61 Å². The highest BCUT2D eigenvalue weighted by atomic mass is 79.9. The van der Waals surface area contributed by atoms with Crippen LogP contribution in [0.4, 0.5) is 5.69 Å². The summed E-state index contributed by atoms with van der Waals surface area (Å²) in [5, 5.41) is 0. The average Bonchev–Trinajstić information content (AvgIpc) is 2.78. The maximum absolute atomic E-state index is 13.0. The van der Waals surface area contributed by atoms with E-state index < -0.39 is 0 Å². The second kappa shape index (κ2) is 12.1. The zero-order valence-corrected chi connectivity index (χ0v) is 20.1. The third kappa shape index (κ3) is 6.94. The molecule has 0 radical (unpaired) electrons. The molecule has 31 heavy (non-hydrogen) atoms. The van der Waals surface area contributed by atoms with Crippen molar-refractivity contribution in [3.8, 4) is 5.75 Å². The number of halogens is 1.